The second-order valence-corrected chi connectivity index (χ2v) is 5.38. The van der Waals surface area contributed by atoms with Gasteiger partial charge >= 0.3 is 5.97 Å². The van der Waals surface area contributed by atoms with Gasteiger partial charge in [0.1, 0.15) is 11.6 Å². The Kier molecular flexibility index (Phi) is 5.50. The first-order valence-corrected chi connectivity index (χ1v) is 7.31. The van der Waals surface area contributed by atoms with Crippen LogP contribution >= 0.6 is 15.9 Å². The van der Waals surface area contributed by atoms with Crippen LogP contribution in [0, 0.1) is 17.1 Å². The van der Waals surface area contributed by atoms with Gasteiger partial charge in [-0.3, -0.25) is 0 Å². The van der Waals surface area contributed by atoms with Crippen molar-refractivity contribution < 1.29 is 19.0 Å². The molecule has 0 fully saturated rings. The third-order valence-electron chi connectivity index (χ3n) is 2.90. The lowest BCUT2D eigenvalue weighted by Crippen LogP contribution is -2.09. The number of carbonyl (C=O) groups is 1. The Bertz CT molecular complexity index is 812. The SMILES string of the molecule is N#CC(=Cc1ccc(OCC(=O)O)c(Br)c1)c1ccccc1F. The molecule has 0 amide bonds. The van der Waals surface area contributed by atoms with Crippen molar-refractivity contribution in [1.82, 2.24) is 0 Å². The Morgan fingerprint density at radius 2 is 2.09 bits per heavy atom. The van der Waals surface area contributed by atoms with Crippen molar-refractivity contribution >= 4 is 33.5 Å². The molecule has 0 saturated heterocycles. The van der Waals surface area contributed by atoms with Crippen molar-refractivity contribution in [3.05, 3.63) is 63.9 Å². The molecule has 0 aliphatic rings. The summed E-state index contributed by atoms with van der Waals surface area (Å²) in [6.45, 7) is -0.452. The largest absolute Gasteiger partial charge is 0.481 e. The number of carboxylic acid groups (broad SMARTS) is 1. The summed E-state index contributed by atoms with van der Waals surface area (Å²) in [6, 6.07) is 12.9. The highest BCUT2D eigenvalue weighted by molar-refractivity contribution is 9.10. The van der Waals surface area contributed by atoms with Gasteiger partial charge in [-0.15, -0.1) is 0 Å². The molecule has 2 aromatic carbocycles. The summed E-state index contributed by atoms with van der Waals surface area (Å²) in [5.41, 5.74) is 1.06. The lowest BCUT2D eigenvalue weighted by Gasteiger charge is -2.07. The molecule has 0 atom stereocenters. The van der Waals surface area contributed by atoms with E-state index in [-0.39, 0.29) is 11.1 Å². The highest BCUT2D eigenvalue weighted by Gasteiger charge is 2.08. The lowest BCUT2D eigenvalue weighted by atomic mass is 10.0. The van der Waals surface area contributed by atoms with Gasteiger partial charge in [0, 0.05) is 5.56 Å². The van der Waals surface area contributed by atoms with Gasteiger partial charge in [-0.05, 0) is 45.8 Å². The molecule has 0 spiro atoms. The van der Waals surface area contributed by atoms with E-state index in [4.69, 9.17) is 9.84 Å². The summed E-state index contributed by atoms with van der Waals surface area (Å²) in [4.78, 5) is 10.5. The van der Waals surface area contributed by atoms with Crippen LogP contribution in [0.1, 0.15) is 11.1 Å². The number of hydrogen-bond donors (Lipinski definition) is 1. The van der Waals surface area contributed by atoms with E-state index in [2.05, 4.69) is 15.9 Å². The molecule has 0 bridgehead atoms. The minimum absolute atomic E-state index is 0.189. The molecule has 2 rings (SSSR count). The number of nitrogens with zero attached hydrogens (tertiary/aromatic N) is 1. The number of ether oxygens (including phenoxy) is 1. The van der Waals surface area contributed by atoms with Gasteiger partial charge in [-0.1, -0.05) is 24.3 Å². The quantitative estimate of drug-likeness (QED) is 0.630. The zero-order chi connectivity index (χ0) is 16.8. The minimum Gasteiger partial charge on any atom is -0.481 e. The zero-order valence-corrected chi connectivity index (χ0v) is 13.4. The Morgan fingerprint density at radius 1 is 1.35 bits per heavy atom. The van der Waals surface area contributed by atoms with Crippen LogP contribution in [0.15, 0.2) is 46.9 Å². The van der Waals surface area contributed by atoms with Gasteiger partial charge in [0.15, 0.2) is 6.61 Å². The molecule has 1 N–H and O–H groups in total. The van der Waals surface area contributed by atoms with Crippen molar-refractivity contribution in [2.75, 3.05) is 6.61 Å². The fraction of sp³-hybridized carbons (Fsp3) is 0.0588. The molecule has 116 valence electrons. The molecule has 6 heteroatoms. The van der Waals surface area contributed by atoms with Crippen molar-refractivity contribution in [3.8, 4) is 11.8 Å². The van der Waals surface area contributed by atoms with Crippen molar-refractivity contribution in [2.24, 2.45) is 0 Å². The van der Waals surface area contributed by atoms with Gasteiger partial charge in [0.2, 0.25) is 0 Å². The maximum absolute atomic E-state index is 13.8. The standard InChI is InChI=1S/C17H11BrFNO3/c18-14-8-11(5-6-16(14)23-10-17(21)22)7-12(9-20)13-3-1-2-4-15(13)19/h1-8H,10H2,(H,21,22). The van der Waals surface area contributed by atoms with Gasteiger partial charge in [0.05, 0.1) is 16.1 Å². The average molecular weight is 376 g/mol. The second kappa shape index (κ2) is 7.56. The van der Waals surface area contributed by atoms with Gasteiger partial charge in [0.25, 0.3) is 0 Å². The molecule has 0 aromatic heterocycles. The molecule has 0 aliphatic carbocycles. The predicted molar refractivity (Wildman–Crippen MR) is 87.2 cm³/mol. The fourth-order valence-electron chi connectivity index (χ4n) is 1.88. The normalized spacial score (nSPS) is 10.9. The molecular formula is C17H11BrFNO3. The van der Waals surface area contributed by atoms with Crippen LogP contribution in [0.25, 0.3) is 11.6 Å². The van der Waals surface area contributed by atoms with Crippen LogP contribution in [0.5, 0.6) is 5.75 Å². The van der Waals surface area contributed by atoms with Crippen LogP contribution in [-0.2, 0) is 4.79 Å². The van der Waals surface area contributed by atoms with E-state index in [9.17, 15) is 14.4 Å². The summed E-state index contributed by atoms with van der Waals surface area (Å²) in [5.74, 6) is -1.18. The van der Waals surface area contributed by atoms with E-state index < -0.39 is 18.4 Å². The Labute approximate surface area is 140 Å². The second-order valence-electron chi connectivity index (χ2n) is 4.52. The molecular weight excluding hydrogens is 365 g/mol. The Balaban J connectivity index is 2.31. The Morgan fingerprint density at radius 3 is 2.70 bits per heavy atom. The monoisotopic (exact) mass is 375 g/mol. The van der Waals surface area contributed by atoms with Crippen molar-refractivity contribution in [2.45, 2.75) is 0 Å². The first kappa shape index (κ1) is 16.7. The molecule has 0 saturated carbocycles. The molecule has 23 heavy (non-hydrogen) atoms. The summed E-state index contributed by atoms with van der Waals surface area (Å²) < 4.78 is 19.4. The topological polar surface area (TPSA) is 70.3 Å². The smallest absolute Gasteiger partial charge is 0.341 e. The fourth-order valence-corrected chi connectivity index (χ4v) is 2.39. The molecule has 0 radical (unpaired) electrons. The number of nitriles is 1. The number of halogens is 2. The number of rotatable bonds is 5. The van der Waals surface area contributed by atoms with Gasteiger partial charge < -0.3 is 9.84 Å². The summed E-state index contributed by atoms with van der Waals surface area (Å²) >= 11 is 3.28. The van der Waals surface area contributed by atoms with E-state index in [1.165, 1.54) is 12.1 Å². The van der Waals surface area contributed by atoms with Crippen LogP contribution < -0.4 is 4.74 Å². The van der Waals surface area contributed by atoms with E-state index in [1.54, 1.807) is 36.4 Å². The Hall–Kier alpha value is -2.65. The van der Waals surface area contributed by atoms with Crippen LogP contribution in [0.4, 0.5) is 4.39 Å². The first-order valence-electron chi connectivity index (χ1n) is 6.52. The number of allylic oxidation sites excluding steroid dienone is 1. The average Bonchev–Trinajstić information content (AvgIpc) is 2.52. The van der Waals surface area contributed by atoms with Crippen LogP contribution in [0.3, 0.4) is 0 Å². The van der Waals surface area contributed by atoms with Crippen molar-refractivity contribution in [3.63, 3.8) is 0 Å². The van der Waals surface area contributed by atoms with Gasteiger partial charge in [-0.2, -0.15) is 5.26 Å². The maximum atomic E-state index is 13.8. The maximum Gasteiger partial charge on any atom is 0.341 e. The number of benzene rings is 2. The highest BCUT2D eigenvalue weighted by atomic mass is 79.9. The highest BCUT2D eigenvalue weighted by Crippen LogP contribution is 2.28. The minimum atomic E-state index is -1.08. The summed E-state index contributed by atoms with van der Waals surface area (Å²) in [7, 11) is 0. The van der Waals surface area contributed by atoms with Gasteiger partial charge in [-0.25, -0.2) is 9.18 Å². The number of aliphatic carboxylic acids is 1. The lowest BCUT2D eigenvalue weighted by molar-refractivity contribution is -0.139. The third-order valence-corrected chi connectivity index (χ3v) is 3.52. The molecule has 0 heterocycles. The van der Waals surface area contributed by atoms with Crippen molar-refractivity contribution in [1.29, 1.82) is 5.26 Å². The van der Waals surface area contributed by atoms with E-state index in [0.29, 0.717) is 15.8 Å². The van der Waals surface area contributed by atoms with E-state index >= 15 is 0 Å². The zero-order valence-electron chi connectivity index (χ0n) is 11.8. The number of carboxylic acids is 1. The summed E-state index contributed by atoms with van der Waals surface area (Å²) in [6.07, 6.45) is 1.55. The third kappa shape index (κ3) is 4.41. The van der Waals surface area contributed by atoms with E-state index in [0.717, 1.165) is 0 Å². The predicted octanol–water partition coefficient (Wildman–Crippen LogP) is 4.12. The first-order chi connectivity index (χ1) is 11.0. The molecule has 4 nitrogen and oxygen atoms in total. The molecule has 0 unspecified atom stereocenters. The molecule has 2 aromatic rings. The van der Waals surface area contributed by atoms with Crippen LogP contribution in [0.2, 0.25) is 0 Å². The molecule has 0 aliphatic heterocycles. The van der Waals surface area contributed by atoms with Crippen LogP contribution in [-0.4, -0.2) is 17.7 Å². The number of hydrogen-bond acceptors (Lipinski definition) is 3. The van der Waals surface area contributed by atoms with E-state index in [1.807, 2.05) is 6.07 Å². The summed E-state index contributed by atoms with van der Waals surface area (Å²) in [5, 5.41) is 17.8.